The lowest BCUT2D eigenvalue weighted by Crippen LogP contribution is -2.27. The van der Waals surface area contributed by atoms with E-state index in [1.54, 1.807) is 0 Å². The lowest BCUT2D eigenvalue weighted by molar-refractivity contribution is 0.735. The van der Waals surface area contributed by atoms with Crippen LogP contribution in [0.1, 0.15) is 30.5 Å². The molecule has 3 aromatic rings. The van der Waals surface area contributed by atoms with Gasteiger partial charge in [0.1, 0.15) is 0 Å². The van der Waals surface area contributed by atoms with E-state index >= 15 is 0 Å². The Morgan fingerprint density at radius 2 is 1.31 bits per heavy atom. The third-order valence-electron chi connectivity index (χ3n) is 7.34. The van der Waals surface area contributed by atoms with Crippen molar-refractivity contribution in [2.24, 2.45) is 27.6 Å². The molecule has 5 heteroatoms. The minimum Gasteiger partial charge on any atom is -0.372 e. The zero-order valence-corrected chi connectivity index (χ0v) is 21.4. The van der Waals surface area contributed by atoms with Crippen molar-refractivity contribution in [3.8, 4) is 22.3 Å². The third-order valence-corrected chi connectivity index (χ3v) is 7.34. The van der Waals surface area contributed by atoms with Crippen LogP contribution < -0.4 is 16.4 Å². The smallest absolute Gasteiger partial charge is 0.0996 e. The summed E-state index contributed by atoms with van der Waals surface area (Å²) >= 11 is 0. The topological polar surface area (TPSA) is 74.8 Å². The predicted molar refractivity (Wildman–Crippen MR) is 152 cm³/mol. The van der Waals surface area contributed by atoms with E-state index < -0.39 is 0 Å². The van der Waals surface area contributed by atoms with Gasteiger partial charge >= 0.3 is 0 Å². The molecule has 2 heterocycles. The van der Waals surface area contributed by atoms with Gasteiger partial charge < -0.3 is 16.4 Å². The number of hydrogen-bond donors (Lipinski definition) is 3. The molecule has 2 aliphatic rings. The number of nitrogens with one attached hydrogen (secondary N) is 2. The molecule has 3 aromatic carbocycles. The third kappa shape index (κ3) is 5.36. The van der Waals surface area contributed by atoms with Crippen molar-refractivity contribution in [1.29, 1.82) is 0 Å². The number of benzene rings is 3. The molecule has 0 aromatic heterocycles. The van der Waals surface area contributed by atoms with Crippen LogP contribution >= 0.6 is 0 Å². The molecule has 0 spiro atoms. The summed E-state index contributed by atoms with van der Waals surface area (Å²) in [6.45, 7) is 8.69. The van der Waals surface area contributed by atoms with Crippen molar-refractivity contribution in [3.63, 3.8) is 0 Å². The van der Waals surface area contributed by atoms with E-state index in [2.05, 4.69) is 101 Å². The van der Waals surface area contributed by atoms with Crippen LogP contribution in [-0.4, -0.2) is 37.9 Å². The Morgan fingerprint density at radius 1 is 0.694 bits per heavy atom. The first-order chi connectivity index (χ1) is 17.6. The van der Waals surface area contributed by atoms with Crippen molar-refractivity contribution in [3.05, 3.63) is 83.4 Å². The minimum atomic E-state index is 0.350. The van der Waals surface area contributed by atoms with E-state index in [1.807, 2.05) is 0 Å². The molecule has 0 aliphatic carbocycles. The maximum atomic E-state index is 6.28. The Balaban J connectivity index is 1.50. The minimum absolute atomic E-state index is 0.350. The van der Waals surface area contributed by atoms with Gasteiger partial charge in [-0.15, -0.1) is 0 Å². The fourth-order valence-corrected chi connectivity index (χ4v) is 5.36. The van der Waals surface area contributed by atoms with Crippen molar-refractivity contribution in [2.45, 2.75) is 33.2 Å². The Morgan fingerprint density at radius 3 is 1.92 bits per heavy atom. The Hall–Kier alpha value is -3.44. The van der Waals surface area contributed by atoms with Crippen LogP contribution in [0.25, 0.3) is 22.3 Å². The Kier molecular flexibility index (Phi) is 7.47. The molecule has 36 heavy (non-hydrogen) atoms. The first kappa shape index (κ1) is 24.3. The lowest BCUT2D eigenvalue weighted by atomic mass is 9.87. The highest BCUT2D eigenvalue weighted by atomic mass is 15.1. The maximum absolute atomic E-state index is 6.28. The molecule has 5 nitrogen and oxygen atoms in total. The molecule has 0 amide bonds. The molecule has 0 bridgehead atoms. The fraction of sp³-hybridized carbons (Fsp3) is 0.355. The number of amidine groups is 2. The van der Waals surface area contributed by atoms with Gasteiger partial charge in [-0.05, 0) is 63.9 Å². The molecule has 2 aliphatic heterocycles. The standard InChI is InChI=1S/C31H37N5/c1-21(30-33-12-13-34-30)16-24-8-11-27(18-28(24)20-32)29-19-25(23-6-4-3-5-7-23)9-10-26(29)17-22(2)31-35-14-15-36-31/h3-11,18-19,21-22H,12-17,20,32H2,1-2H3,(H,33,34)(H,35,36). The average molecular weight is 480 g/mol. The lowest BCUT2D eigenvalue weighted by Gasteiger charge is -2.19. The van der Waals surface area contributed by atoms with Gasteiger partial charge in [0, 0.05) is 31.5 Å². The molecule has 2 unspecified atom stereocenters. The van der Waals surface area contributed by atoms with Crippen LogP contribution in [0, 0.1) is 11.8 Å². The molecular formula is C31H37N5. The quantitative estimate of drug-likeness (QED) is 0.411. The highest BCUT2D eigenvalue weighted by Gasteiger charge is 2.19. The van der Waals surface area contributed by atoms with Gasteiger partial charge in [0.25, 0.3) is 0 Å². The van der Waals surface area contributed by atoms with Crippen LogP contribution in [0.4, 0.5) is 0 Å². The number of nitrogens with two attached hydrogens (primary N) is 1. The zero-order valence-electron chi connectivity index (χ0n) is 21.4. The first-order valence-corrected chi connectivity index (χ1v) is 13.2. The second-order valence-electron chi connectivity index (χ2n) is 10.0. The molecule has 4 N–H and O–H groups in total. The highest BCUT2D eigenvalue weighted by molar-refractivity contribution is 5.87. The van der Waals surface area contributed by atoms with Crippen LogP contribution in [-0.2, 0) is 19.4 Å². The molecule has 5 rings (SSSR count). The summed E-state index contributed by atoms with van der Waals surface area (Å²) in [6, 6.07) is 24.3. The average Bonchev–Trinajstić information content (AvgIpc) is 3.65. The highest BCUT2D eigenvalue weighted by Crippen LogP contribution is 2.33. The summed E-state index contributed by atoms with van der Waals surface area (Å²) < 4.78 is 0. The van der Waals surface area contributed by atoms with E-state index in [0.717, 1.165) is 50.7 Å². The maximum Gasteiger partial charge on any atom is 0.0996 e. The van der Waals surface area contributed by atoms with E-state index in [9.17, 15) is 0 Å². The van der Waals surface area contributed by atoms with Crippen LogP contribution in [0.5, 0.6) is 0 Å². The van der Waals surface area contributed by atoms with Gasteiger partial charge in [-0.25, -0.2) is 0 Å². The summed E-state index contributed by atoms with van der Waals surface area (Å²) in [6.07, 6.45) is 1.89. The summed E-state index contributed by atoms with van der Waals surface area (Å²) in [4.78, 5) is 9.29. The molecular weight excluding hydrogens is 442 g/mol. The van der Waals surface area contributed by atoms with Crippen molar-refractivity contribution >= 4 is 11.7 Å². The summed E-state index contributed by atoms with van der Waals surface area (Å²) in [5.41, 5.74) is 15.1. The fourth-order valence-electron chi connectivity index (χ4n) is 5.36. The summed E-state index contributed by atoms with van der Waals surface area (Å²) in [7, 11) is 0. The first-order valence-electron chi connectivity index (χ1n) is 13.2. The van der Waals surface area contributed by atoms with Crippen LogP contribution in [0.15, 0.2) is 76.7 Å². The van der Waals surface area contributed by atoms with Crippen molar-refractivity contribution < 1.29 is 0 Å². The number of rotatable bonds is 9. The van der Waals surface area contributed by atoms with E-state index in [1.165, 1.54) is 38.9 Å². The molecule has 0 saturated carbocycles. The zero-order chi connectivity index (χ0) is 24.9. The molecule has 186 valence electrons. The van der Waals surface area contributed by atoms with Crippen molar-refractivity contribution in [1.82, 2.24) is 10.6 Å². The van der Waals surface area contributed by atoms with Gasteiger partial charge in [-0.1, -0.05) is 68.4 Å². The normalized spacial score (nSPS) is 16.6. The SMILES string of the molecule is CC(Cc1ccc(-c2cc(-c3ccccc3)ccc2CC(C)C2=NCCN2)cc1CN)C1=NCCN1. The Bertz CT molecular complexity index is 1260. The van der Waals surface area contributed by atoms with Gasteiger partial charge in [0.15, 0.2) is 0 Å². The monoisotopic (exact) mass is 479 g/mol. The van der Waals surface area contributed by atoms with Crippen molar-refractivity contribution in [2.75, 3.05) is 26.2 Å². The summed E-state index contributed by atoms with van der Waals surface area (Å²) in [5.74, 6) is 2.96. The number of aliphatic imine (C=N–C) groups is 2. The largest absolute Gasteiger partial charge is 0.372 e. The van der Waals surface area contributed by atoms with Crippen LogP contribution in [0.3, 0.4) is 0 Å². The van der Waals surface area contributed by atoms with Gasteiger partial charge in [-0.3, -0.25) is 9.98 Å². The molecule has 0 saturated heterocycles. The predicted octanol–water partition coefficient (Wildman–Crippen LogP) is 4.84. The number of nitrogens with zero attached hydrogens (tertiary/aromatic N) is 2. The van der Waals surface area contributed by atoms with Crippen LogP contribution in [0.2, 0.25) is 0 Å². The van der Waals surface area contributed by atoms with E-state index in [-0.39, 0.29) is 0 Å². The summed E-state index contributed by atoms with van der Waals surface area (Å²) in [5, 5.41) is 6.88. The Labute approximate surface area is 215 Å². The second-order valence-corrected chi connectivity index (χ2v) is 10.0. The van der Waals surface area contributed by atoms with Gasteiger partial charge in [0.2, 0.25) is 0 Å². The molecule has 0 fully saturated rings. The van der Waals surface area contributed by atoms with E-state index in [0.29, 0.717) is 18.4 Å². The second kappa shape index (κ2) is 11.1. The van der Waals surface area contributed by atoms with E-state index in [4.69, 9.17) is 5.73 Å². The number of hydrogen-bond acceptors (Lipinski definition) is 5. The molecule has 0 radical (unpaired) electrons. The molecule has 2 atom stereocenters. The van der Waals surface area contributed by atoms with Gasteiger partial charge in [0.05, 0.1) is 24.8 Å². The van der Waals surface area contributed by atoms with Gasteiger partial charge in [-0.2, -0.15) is 0 Å².